The maximum Gasteiger partial charge on any atom is 0.181 e. The Kier molecular flexibility index (Phi) is 2.64. The summed E-state index contributed by atoms with van der Waals surface area (Å²) in [6.45, 7) is 8.57. The summed E-state index contributed by atoms with van der Waals surface area (Å²) in [5, 5.41) is 1.36. The lowest BCUT2D eigenvalue weighted by Gasteiger charge is -2.16. The van der Waals surface area contributed by atoms with Gasteiger partial charge in [0.15, 0.2) is 7.38 Å². The molecule has 0 saturated heterocycles. The molecule has 12 heavy (non-hydrogen) atoms. The Balaban J connectivity index is 3.23. The molecule has 0 atom stereocenters. The highest BCUT2D eigenvalue weighted by Gasteiger charge is 2.21. The molecule has 0 aliphatic heterocycles. The molecule has 0 fully saturated rings. The van der Waals surface area contributed by atoms with E-state index in [1.807, 2.05) is 0 Å². The maximum atomic E-state index is 6.37. The smallest absolute Gasteiger partial charge is 0.162 e. The first kappa shape index (κ1) is 9.81. The Hall–Kier alpha value is -0.273. The number of halogens is 1. The molecule has 0 nitrogen and oxygen atoms in total. The van der Waals surface area contributed by atoms with Crippen LogP contribution >= 0.6 is 11.1 Å². The zero-order chi connectivity index (χ0) is 9.35. The van der Waals surface area contributed by atoms with Crippen molar-refractivity contribution < 1.29 is 0 Å². The second-order valence-corrected chi connectivity index (χ2v) is 10.1. The molecule has 0 aromatic heterocycles. The van der Waals surface area contributed by atoms with E-state index in [1.165, 1.54) is 16.3 Å². The fraction of sp³-hybridized carbons (Fsp3) is 0.400. The van der Waals surface area contributed by atoms with Gasteiger partial charge >= 0.3 is 0 Å². The van der Waals surface area contributed by atoms with Crippen molar-refractivity contribution >= 4 is 23.6 Å². The first-order valence-electron chi connectivity index (χ1n) is 4.18. The average Bonchev–Trinajstić information content (AvgIpc) is 1.92. The molecular formula is C10H15ClSi. The van der Waals surface area contributed by atoms with Gasteiger partial charge in [0.25, 0.3) is 0 Å². The molecule has 0 unspecified atom stereocenters. The van der Waals surface area contributed by atoms with Crippen LogP contribution in [0.2, 0.25) is 13.1 Å². The molecule has 1 aromatic rings. The van der Waals surface area contributed by atoms with E-state index in [1.54, 1.807) is 0 Å². The second-order valence-electron chi connectivity index (χ2n) is 3.79. The Morgan fingerprint density at radius 1 is 1.17 bits per heavy atom. The molecule has 0 spiro atoms. The topological polar surface area (TPSA) is 0 Å². The van der Waals surface area contributed by atoms with Gasteiger partial charge in [0.1, 0.15) is 0 Å². The maximum absolute atomic E-state index is 6.37. The lowest BCUT2D eigenvalue weighted by molar-refractivity contribution is 1.42. The predicted octanol–water partition coefficient (Wildman–Crippen LogP) is 2.95. The summed E-state index contributed by atoms with van der Waals surface area (Å²) < 4.78 is 0. The molecule has 0 bridgehead atoms. The predicted molar refractivity (Wildman–Crippen MR) is 58.9 cm³/mol. The van der Waals surface area contributed by atoms with Gasteiger partial charge in [0.05, 0.1) is 0 Å². The van der Waals surface area contributed by atoms with Crippen LogP contribution in [0.3, 0.4) is 0 Å². The summed E-state index contributed by atoms with van der Waals surface area (Å²) in [4.78, 5) is 0. The van der Waals surface area contributed by atoms with E-state index in [9.17, 15) is 0 Å². The van der Waals surface area contributed by atoms with Gasteiger partial charge in [-0.25, -0.2) is 0 Å². The van der Waals surface area contributed by atoms with Crippen molar-refractivity contribution in [2.75, 3.05) is 0 Å². The number of aryl methyl sites for hydroxylation is 2. The quantitative estimate of drug-likeness (QED) is 0.481. The second kappa shape index (κ2) is 3.23. The van der Waals surface area contributed by atoms with Crippen molar-refractivity contribution in [2.45, 2.75) is 26.9 Å². The summed E-state index contributed by atoms with van der Waals surface area (Å²) in [6, 6.07) is 6.51. The lowest BCUT2D eigenvalue weighted by atomic mass is 10.2. The van der Waals surface area contributed by atoms with Gasteiger partial charge in [-0.05, 0) is 19.0 Å². The fourth-order valence-electron chi connectivity index (χ4n) is 1.38. The highest BCUT2D eigenvalue weighted by molar-refractivity contribution is 7.26. The van der Waals surface area contributed by atoms with Crippen molar-refractivity contribution in [1.82, 2.24) is 0 Å². The molecule has 0 aliphatic rings. The average molecular weight is 199 g/mol. The first-order valence-corrected chi connectivity index (χ1v) is 8.19. The van der Waals surface area contributed by atoms with Gasteiger partial charge in [-0.15, -0.1) is 0 Å². The van der Waals surface area contributed by atoms with Crippen molar-refractivity contribution in [3.8, 4) is 0 Å². The SMILES string of the molecule is Cc1ccc(C)c([Si](C)(C)Cl)c1. The molecule has 0 heterocycles. The van der Waals surface area contributed by atoms with Crippen molar-refractivity contribution in [2.24, 2.45) is 0 Å². The van der Waals surface area contributed by atoms with Crippen LogP contribution in [-0.2, 0) is 0 Å². The zero-order valence-electron chi connectivity index (χ0n) is 8.11. The Labute approximate surface area is 80.3 Å². The minimum atomic E-state index is -1.64. The summed E-state index contributed by atoms with van der Waals surface area (Å²) in [5.41, 5.74) is 2.63. The van der Waals surface area contributed by atoms with Crippen LogP contribution in [-0.4, -0.2) is 7.38 Å². The van der Waals surface area contributed by atoms with Crippen molar-refractivity contribution in [3.05, 3.63) is 29.3 Å². The van der Waals surface area contributed by atoms with Crippen LogP contribution in [0.5, 0.6) is 0 Å². The highest BCUT2D eigenvalue weighted by Crippen LogP contribution is 2.12. The minimum absolute atomic E-state index is 1.30. The third-order valence-corrected chi connectivity index (χ3v) is 4.46. The van der Waals surface area contributed by atoms with Crippen LogP contribution in [0.25, 0.3) is 0 Å². The van der Waals surface area contributed by atoms with Crippen molar-refractivity contribution in [1.29, 1.82) is 0 Å². The number of rotatable bonds is 1. The largest absolute Gasteiger partial charge is 0.181 e. The number of benzene rings is 1. The fourth-order valence-corrected chi connectivity index (χ4v) is 3.58. The zero-order valence-corrected chi connectivity index (χ0v) is 9.87. The molecule has 2 heteroatoms. The molecule has 0 amide bonds. The van der Waals surface area contributed by atoms with Crippen LogP contribution < -0.4 is 5.19 Å². The van der Waals surface area contributed by atoms with Crippen molar-refractivity contribution in [3.63, 3.8) is 0 Å². The van der Waals surface area contributed by atoms with Gasteiger partial charge in [-0.3, -0.25) is 0 Å². The van der Waals surface area contributed by atoms with Crippen LogP contribution in [0.15, 0.2) is 18.2 Å². The summed E-state index contributed by atoms with van der Waals surface area (Å²) in [6.07, 6.45) is 0. The van der Waals surface area contributed by atoms with E-state index in [4.69, 9.17) is 11.1 Å². The van der Waals surface area contributed by atoms with E-state index in [0.717, 1.165) is 0 Å². The standard InChI is InChI=1S/C10H15ClSi/c1-8-5-6-9(2)10(7-8)12(3,4)11/h5-7H,1-4H3. The van der Waals surface area contributed by atoms with Crippen LogP contribution in [0.4, 0.5) is 0 Å². The van der Waals surface area contributed by atoms with Gasteiger partial charge in [-0.2, -0.15) is 11.1 Å². The molecule has 1 aromatic carbocycles. The molecule has 0 saturated carbocycles. The third kappa shape index (κ3) is 2.11. The minimum Gasteiger partial charge on any atom is -0.162 e. The van der Waals surface area contributed by atoms with Crippen LogP contribution in [0, 0.1) is 13.8 Å². The van der Waals surface area contributed by atoms with E-state index in [2.05, 4.69) is 45.1 Å². The molecule has 0 radical (unpaired) electrons. The Morgan fingerprint density at radius 3 is 2.17 bits per heavy atom. The Bertz CT molecular complexity index is 286. The van der Waals surface area contributed by atoms with Gasteiger partial charge in [0.2, 0.25) is 0 Å². The van der Waals surface area contributed by atoms with E-state index in [0.29, 0.717) is 0 Å². The van der Waals surface area contributed by atoms with E-state index >= 15 is 0 Å². The monoisotopic (exact) mass is 198 g/mol. The van der Waals surface area contributed by atoms with Gasteiger partial charge in [0, 0.05) is 0 Å². The number of hydrogen-bond donors (Lipinski definition) is 0. The van der Waals surface area contributed by atoms with Crippen LogP contribution in [0.1, 0.15) is 11.1 Å². The summed E-state index contributed by atoms with van der Waals surface area (Å²) in [7, 11) is -1.64. The molecule has 66 valence electrons. The van der Waals surface area contributed by atoms with Gasteiger partial charge < -0.3 is 0 Å². The summed E-state index contributed by atoms with van der Waals surface area (Å²) in [5.74, 6) is 0. The molecule has 0 aliphatic carbocycles. The van der Waals surface area contributed by atoms with E-state index in [-0.39, 0.29) is 0 Å². The molecule has 1 rings (SSSR count). The first-order chi connectivity index (χ1) is 5.41. The molecule has 0 N–H and O–H groups in total. The normalized spacial score (nSPS) is 11.8. The summed E-state index contributed by atoms with van der Waals surface area (Å²) >= 11 is 6.37. The molecular weight excluding hydrogens is 184 g/mol. The number of hydrogen-bond acceptors (Lipinski definition) is 0. The third-order valence-electron chi connectivity index (χ3n) is 2.03. The Morgan fingerprint density at radius 2 is 1.75 bits per heavy atom. The highest BCUT2D eigenvalue weighted by atomic mass is 35.6. The lowest BCUT2D eigenvalue weighted by Crippen LogP contribution is -2.37. The van der Waals surface area contributed by atoms with E-state index < -0.39 is 7.38 Å². The van der Waals surface area contributed by atoms with Gasteiger partial charge in [-0.1, -0.05) is 42.4 Å².